The molecule has 242 valence electrons. The van der Waals surface area contributed by atoms with Crippen LogP contribution in [-0.2, 0) is 5.41 Å². The minimum atomic E-state index is -0.688. The number of hydrogen-bond donors (Lipinski definition) is 0. The molecule has 0 N–H and O–H groups in total. The Labute approximate surface area is 301 Å². The average molecular weight is 665 g/mol. The van der Waals surface area contributed by atoms with E-state index in [9.17, 15) is 5.26 Å². The topological polar surface area (TPSA) is 71.7 Å². The second-order valence-electron chi connectivity index (χ2n) is 13.0. The van der Waals surface area contributed by atoms with Crippen molar-refractivity contribution in [3.8, 4) is 74.0 Å². The van der Waals surface area contributed by atoms with Crippen LogP contribution in [0.4, 0.5) is 0 Å². The second-order valence-corrected chi connectivity index (χ2v) is 13.0. The molecule has 1 aliphatic heterocycles. The molecule has 5 nitrogen and oxygen atoms in total. The van der Waals surface area contributed by atoms with Crippen molar-refractivity contribution in [2.75, 3.05) is 0 Å². The highest BCUT2D eigenvalue weighted by molar-refractivity contribution is 5.92. The lowest BCUT2D eigenvalue weighted by molar-refractivity contribution is 0.439. The number of nitrogens with zero attached hydrogens (tertiary/aromatic N) is 4. The van der Waals surface area contributed by atoms with Crippen molar-refractivity contribution in [1.82, 2.24) is 15.0 Å². The summed E-state index contributed by atoms with van der Waals surface area (Å²) in [5.41, 5.74) is 11.3. The third-order valence-electron chi connectivity index (χ3n) is 10.3. The van der Waals surface area contributed by atoms with Crippen LogP contribution in [0, 0.1) is 11.3 Å². The normalized spacial score (nSPS) is 12.9. The molecular formula is C47H28N4O. The van der Waals surface area contributed by atoms with Crippen molar-refractivity contribution in [3.05, 3.63) is 198 Å². The van der Waals surface area contributed by atoms with Crippen LogP contribution < -0.4 is 4.74 Å². The molecule has 0 saturated carbocycles. The van der Waals surface area contributed by atoms with Gasteiger partial charge < -0.3 is 4.74 Å². The van der Waals surface area contributed by atoms with Gasteiger partial charge in [0.05, 0.1) is 22.6 Å². The SMILES string of the molecule is N#Cc1ccc(-c2cccc3c2Oc2c(-c4nc(-c5ccccc5)nc(-c5ccccc5)n4)cccc2C32c3ccccc3-c3ccccc32)cc1. The molecule has 0 radical (unpaired) electrons. The summed E-state index contributed by atoms with van der Waals surface area (Å²) in [7, 11) is 0. The van der Waals surface area contributed by atoms with Gasteiger partial charge >= 0.3 is 0 Å². The molecule has 1 spiro atoms. The number of hydrogen-bond acceptors (Lipinski definition) is 5. The molecule has 7 aromatic carbocycles. The number of ether oxygens (including phenoxy) is 1. The summed E-state index contributed by atoms with van der Waals surface area (Å²) in [6.07, 6.45) is 0. The smallest absolute Gasteiger partial charge is 0.167 e. The van der Waals surface area contributed by atoms with Gasteiger partial charge in [-0.25, -0.2) is 15.0 Å². The fourth-order valence-electron chi connectivity index (χ4n) is 8.00. The molecule has 0 amide bonds. The summed E-state index contributed by atoms with van der Waals surface area (Å²) in [4.78, 5) is 15.2. The predicted molar refractivity (Wildman–Crippen MR) is 204 cm³/mol. The van der Waals surface area contributed by atoms with E-state index in [4.69, 9.17) is 19.7 Å². The third kappa shape index (κ3) is 4.38. The Morgan fingerprint density at radius 3 is 1.38 bits per heavy atom. The first-order chi connectivity index (χ1) is 25.7. The zero-order chi connectivity index (χ0) is 34.6. The molecule has 5 heteroatoms. The van der Waals surface area contributed by atoms with Crippen LogP contribution in [-0.4, -0.2) is 15.0 Å². The summed E-state index contributed by atoms with van der Waals surface area (Å²) < 4.78 is 7.25. The number of rotatable bonds is 4. The van der Waals surface area contributed by atoms with Gasteiger partial charge in [0.1, 0.15) is 11.5 Å². The highest BCUT2D eigenvalue weighted by atomic mass is 16.5. The van der Waals surface area contributed by atoms with Crippen LogP contribution in [0.25, 0.3) is 56.4 Å². The summed E-state index contributed by atoms with van der Waals surface area (Å²) in [5.74, 6) is 3.16. The van der Waals surface area contributed by atoms with Gasteiger partial charge in [-0.05, 0) is 46.0 Å². The highest BCUT2D eigenvalue weighted by Crippen LogP contribution is 2.64. The lowest BCUT2D eigenvalue weighted by Crippen LogP contribution is -2.32. The van der Waals surface area contributed by atoms with E-state index in [0.29, 0.717) is 28.8 Å². The van der Waals surface area contributed by atoms with Crippen LogP contribution in [0.15, 0.2) is 170 Å². The summed E-state index contributed by atoms with van der Waals surface area (Å²) in [6.45, 7) is 0. The maximum absolute atomic E-state index is 9.56. The zero-order valence-electron chi connectivity index (χ0n) is 27.9. The summed E-state index contributed by atoms with van der Waals surface area (Å²) >= 11 is 0. The van der Waals surface area contributed by atoms with Gasteiger partial charge in [0.15, 0.2) is 17.5 Å². The van der Waals surface area contributed by atoms with Gasteiger partial charge in [0.2, 0.25) is 0 Å². The lowest BCUT2D eigenvalue weighted by atomic mass is 9.65. The molecule has 1 aliphatic carbocycles. The third-order valence-corrected chi connectivity index (χ3v) is 10.3. The molecule has 2 heterocycles. The first kappa shape index (κ1) is 29.7. The van der Waals surface area contributed by atoms with E-state index >= 15 is 0 Å². The molecule has 0 saturated heterocycles. The van der Waals surface area contributed by atoms with E-state index in [1.54, 1.807) is 0 Å². The Kier molecular flexibility index (Phi) is 6.70. The molecule has 1 aromatic heterocycles. The van der Waals surface area contributed by atoms with E-state index in [0.717, 1.165) is 44.7 Å². The Morgan fingerprint density at radius 1 is 0.385 bits per heavy atom. The van der Waals surface area contributed by atoms with Gasteiger partial charge in [-0.2, -0.15) is 5.26 Å². The number of fused-ring (bicyclic) bond motifs is 9. The van der Waals surface area contributed by atoms with E-state index in [-0.39, 0.29) is 0 Å². The fourth-order valence-corrected chi connectivity index (χ4v) is 8.00. The van der Waals surface area contributed by atoms with Crippen molar-refractivity contribution in [1.29, 1.82) is 5.26 Å². The van der Waals surface area contributed by atoms with Crippen LogP contribution >= 0.6 is 0 Å². The molecule has 8 aromatic rings. The monoisotopic (exact) mass is 664 g/mol. The average Bonchev–Trinajstić information content (AvgIpc) is 3.52. The summed E-state index contributed by atoms with van der Waals surface area (Å²) in [5, 5.41) is 9.56. The molecule has 0 unspecified atom stereocenters. The number of para-hydroxylation sites is 2. The standard InChI is InChI=1S/C47H28N4O/c48-29-30-25-27-31(28-26-30)34-19-11-23-40-42(34)52-43-37(46-50-44(32-13-3-1-4-14-32)49-45(51-46)33-15-5-2-6-16-33)20-12-24-41(43)47(40)38-21-9-7-17-35(38)36-18-8-10-22-39(36)47/h1-28H. The van der Waals surface area contributed by atoms with Crippen LogP contribution in [0.3, 0.4) is 0 Å². The van der Waals surface area contributed by atoms with Crippen LogP contribution in [0.1, 0.15) is 27.8 Å². The first-order valence-corrected chi connectivity index (χ1v) is 17.3. The van der Waals surface area contributed by atoms with Crippen LogP contribution in [0.5, 0.6) is 11.5 Å². The maximum Gasteiger partial charge on any atom is 0.167 e. The quantitative estimate of drug-likeness (QED) is 0.187. The largest absolute Gasteiger partial charge is 0.455 e. The van der Waals surface area contributed by atoms with E-state index in [1.807, 2.05) is 91.0 Å². The maximum atomic E-state index is 9.56. The van der Waals surface area contributed by atoms with Crippen LogP contribution in [0.2, 0.25) is 0 Å². The van der Waals surface area contributed by atoms with Crippen molar-refractivity contribution in [2.45, 2.75) is 5.41 Å². The highest BCUT2D eigenvalue weighted by Gasteiger charge is 2.52. The fraction of sp³-hybridized carbons (Fsp3) is 0.0213. The van der Waals surface area contributed by atoms with Crippen molar-refractivity contribution >= 4 is 0 Å². The number of aromatic nitrogens is 3. The lowest BCUT2D eigenvalue weighted by Gasteiger charge is -2.40. The van der Waals surface area contributed by atoms with Crippen molar-refractivity contribution in [3.63, 3.8) is 0 Å². The Bertz CT molecular complexity index is 2610. The molecule has 0 bridgehead atoms. The Morgan fingerprint density at radius 2 is 0.827 bits per heavy atom. The Hall–Kier alpha value is -7.16. The predicted octanol–water partition coefficient (Wildman–Crippen LogP) is 10.9. The van der Waals surface area contributed by atoms with E-state index in [2.05, 4.69) is 84.9 Å². The molecule has 0 atom stereocenters. The minimum absolute atomic E-state index is 0.526. The van der Waals surface area contributed by atoms with E-state index in [1.165, 1.54) is 22.3 Å². The van der Waals surface area contributed by atoms with Gasteiger partial charge in [-0.3, -0.25) is 0 Å². The molecule has 2 aliphatic rings. The van der Waals surface area contributed by atoms with Gasteiger partial charge in [0.25, 0.3) is 0 Å². The van der Waals surface area contributed by atoms with Crippen molar-refractivity contribution in [2.24, 2.45) is 0 Å². The molecule has 0 fully saturated rings. The van der Waals surface area contributed by atoms with Gasteiger partial charge in [-0.1, -0.05) is 152 Å². The first-order valence-electron chi connectivity index (χ1n) is 17.3. The molecule has 10 rings (SSSR count). The zero-order valence-corrected chi connectivity index (χ0v) is 27.9. The second kappa shape index (κ2) is 11.7. The van der Waals surface area contributed by atoms with Gasteiger partial charge in [-0.15, -0.1) is 0 Å². The summed E-state index contributed by atoms with van der Waals surface area (Å²) in [6, 6.07) is 60.1. The Balaban J connectivity index is 1.29. The van der Waals surface area contributed by atoms with Crippen molar-refractivity contribution < 1.29 is 4.74 Å². The number of nitriles is 1. The molecular weight excluding hydrogens is 637 g/mol. The molecule has 52 heavy (non-hydrogen) atoms. The number of benzene rings is 7. The van der Waals surface area contributed by atoms with Gasteiger partial charge in [0, 0.05) is 27.8 Å². The minimum Gasteiger partial charge on any atom is -0.455 e. The van der Waals surface area contributed by atoms with E-state index < -0.39 is 5.41 Å².